The zero-order chi connectivity index (χ0) is 9.59. The van der Waals surface area contributed by atoms with Crippen molar-refractivity contribution in [3.05, 3.63) is 27.9 Å². The van der Waals surface area contributed by atoms with Gasteiger partial charge >= 0.3 is 0 Å². The molecule has 2 nitrogen and oxygen atoms in total. The molecule has 2 aromatic rings. The maximum absolute atomic E-state index is 11.2. The van der Waals surface area contributed by atoms with Gasteiger partial charge in [-0.15, -0.1) is 0 Å². The Morgan fingerprint density at radius 2 is 2.00 bits per heavy atom. The van der Waals surface area contributed by atoms with E-state index in [-0.39, 0.29) is 11.2 Å². The van der Waals surface area contributed by atoms with Gasteiger partial charge in [-0.25, -0.2) is 0 Å². The zero-order valence-electron chi connectivity index (χ0n) is 7.79. The van der Waals surface area contributed by atoms with Gasteiger partial charge < -0.3 is 5.11 Å². The summed E-state index contributed by atoms with van der Waals surface area (Å²) in [4.78, 5) is 11.2. The molecule has 0 unspecified atom stereocenters. The molecule has 2 rings (SSSR count). The molecular weight excluding hydrogens is 164 g/mol. The van der Waals surface area contributed by atoms with E-state index in [1.54, 1.807) is 6.07 Å². The Morgan fingerprint density at radius 3 is 2.62 bits per heavy atom. The van der Waals surface area contributed by atoms with E-state index in [1.807, 2.05) is 6.07 Å². The van der Waals surface area contributed by atoms with Crippen molar-refractivity contribution in [2.75, 3.05) is 0 Å². The number of phenols is 1. The molecule has 0 aliphatic carbocycles. The first kappa shape index (κ1) is 8.30. The summed E-state index contributed by atoms with van der Waals surface area (Å²) in [5.74, 6) is 0.676. The van der Waals surface area contributed by atoms with Crippen molar-refractivity contribution in [1.29, 1.82) is 0 Å². The number of phenolic OH excluding ortho intramolecular Hbond substituents is 1. The summed E-state index contributed by atoms with van der Waals surface area (Å²) in [7, 11) is 0. The molecule has 0 aliphatic heterocycles. The van der Waals surface area contributed by atoms with Crippen LogP contribution in [-0.4, -0.2) is 5.11 Å². The minimum absolute atomic E-state index is 0.0261. The van der Waals surface area contributed by atoms with Crippen molar-refractivity contribution in [2.45, 2.75) is 20.3 Å². The van der Waals surface area contributed by atoms with E-state index >= 15 is 0 Å². The summed E-state index contributed by atoms with van der Waals surface area (Å²) in [6.45, 7) is 4.23. The Bertz CT molecular complexity index is 459. The van der Waals surface area contributed by atoms with Gasteiger partial charge in [0.05, 0.1) is 5.39 Å². The third-order valence-electron chi connectivity index (χ3n) is 2.29. The molecule has 0 atom stereocenters. The second-order valence-electron chi connectivity index (χ2n) is 3.92. The van der Waals surface area contributed by atoms with Crippen molar-refractivity contribution in [3.8, 4) is 5.75 Å². The third kappa shape index (κ3) is 1.22. The van der Waals surface area contributed by atoms with Crippen LogP contribution in [0.5, 0.6) is 5.75 Å². The van der Waals surface area contributed by atoms with Gasteiger partial charge in [0.15, 0.2) is 5.43 Å². The van der Waals surface area contributed by atoms with E-state index in [4.69, 9.17) is 0 Å². The smallest absolute Gasteiger partial charge is 0.198 e. The van der Waals surface area contributed by atoms with E-state index in [0.717, 1.165) is 17.4 Å². The predicted molar refractivity (Wildman–Crippen MR) is 52.8 cm³/mol. The molecule has 0 bridgehead atoms. The Hall–Kier alpha value is -1.31. The lowest BCUT2D eigenvalue weighted by Gasteiger charge is -2.02. The lowest BCUT2D eigenvalue weighted by atomic mass is 10.0. The van der Waals surface area contributed by atoms with Gasteiger partial charge in [0.25, 0.3) is 0 Å². The number of benzene rings is 1. The van der Waals surface area contributed by atoms with Gasteiger partial charge in [-0.2, -0.15) is 0 Å². The Labute approximate surface area is 76.5 Å². The molecule has 0 amide bonds. The summed E-state index contributed by atoms with van der Waals surface area (Å²) in [6, 6.07) is 3.46. The number of fused-ring (bicyclic) bond motifs is 1. The van der Waals surface area contributed by atoms with Gasteiger partial charge in [0.2, 0.25) is 0 Å². The zero-order valence-corrected chi connectivity index (χ0v) is 7.79. The molecule has 0 radical (unpaired) electrons. The van der Waals surface area contributed by atoms with Crippen LogP contribution in [0.4, 0.5) is 0 Å². The average molecular weight is 176 g/mol. The molecule has 1 N–H and O–H groups in total. The summed E-state index contributed by atoms with van der Waals surface area (Å²) < 4.78 is 0. The van der Waals surface area contributed by atoms with Gasteiger partial charge in [-0.3, -0.25) is 4.79 Å². The Morgan fingerprint density at radius 1 is 1.31 bits per heavy atom. The number of rotatable bonds is 2. The van der Waals surface area contributed by atoms with E-state index in [9.17, 15) is 9.90 Å². The minimum atomic E-state index is 0.0261. The molecule has 2 aromatic carbocycles. The van der Waals surface area contributed by atoms with Crippen LogP contribution < -0.4 is 5.43 Å². The molecular formula is C11H12O2. The van der Waals surface area contributed by atoms with Crippen LogP contribution in [-0.2, 0) is 6.42 Å². The van der Waals surface area contributed by atoms with Crippen molar-refractivity contribution in [3.63, 3.8) is 0 Å². The van der Waals surface area contributed by atoms with Crippen LogP contribution in [0, 0.1) is 5.92 Å². The van der Waals surface area contributed by atoms with Crippen LogP contribution in [0.3, 0.4) is 0 Å². The largest absolute Gasteiger partial charge is 0.507 e. The van der Waals surface area contributed by atoms with Crippen molar-refractivity contribution in [1.82, 2.24) is 0 Å². The SMILES string of the molecule is CC(C)Cc1ccc(O)c2c(=O)c12. The quantitative estimate of drug-likeness (QED) is 0.759. The van der Waals surface area contributed by atoms with E-state index < -0.39 is 0 Å². The van der Waals surface area contributed by atoms with Crippen LogP contribution in [0.1, 0.15) is 19.4 Å². The fourth-order valence-corrected chi connectivity index (χ4v) is 1.68. The highest BCUT2D eigenvalue weighted by molar-refractivity contribution is 6.04. The summed E-state index contributed by atoms with van der Waals surface area (Å²) >= 11 is 0. The lowest BCUT2D eigenvalue weighted by molar-refractivity contribution is 0.482. The summed E-state index contributed by atoms with van der Waals surface area (Å²) in [5, 5.41) is 10.6. The fourth-order valence-electron chi connectivity index (χ4n) is 1.68. The molecule has 0 aliphatic rings. The molecule has 0 fully saturated rings. The Kier molecular flexibility index (Phi) is 1.65. The predicted octanol–water partition coefficient (Wildman–Crippen LogP) is 1.98. The molecule has 2 heteroatoms. The highest BCUT2D eigenvalue weighted by Crippen LogP contribution is 2.30. The monoisotopic (exact) mass is 176 g/mol. The highest BCUT2D eigenvalue weighted by atomic mass is 16.3. The van der Waals surface area contributed by atoms with E-state index in [0.29, 0.717) is 11.3 Å². The van der Waals surface area contributed by atoms with E-state index in [1.165, 1.54) is 0 Å². The lowest BCUT2D eigenvalue weighted by Crippen LogP contribution is -1.93. The summed E-state index contributed by atoms with van der Waals surface area (Å²) in [6.07, 6.45) is 0.911. The van der Waals surface area contributed by atoms with Crippen LogP contribution in [0.2, 0.25) is 0 Å². The maximum atomic E-state index is 11.2. The van der Waals surface area contributed by atoms with Crippen LogP contribution in [0.15, 0.2) is 16.9 Å². The van der Waals surface area contributed by atoms with Crippen molar-refractivity contribution < 1.29 is 5.11 Å². The fraction of sp³-hybridized carbons (Fsp3) is 0.364. The Balaban J connectivity index is 2.47. The second kappa shape index (κ2) is 2.59. The molecule has 0 aromatic heterocycles. The topological polar surface area (TPSA) is 37.3 Å². The number of hydrogen-bond acceptors (Lipinski definition) is 2. The molecule has 0 saturated carbocycles. The van der Waals surface area contributed by atoms with Crippen molar-refractivity contribution in [2.24, 2.45) is 5.92 Å². The summed E-state index contributed by atoms with van der Waals surface area (Å²) in [5.41, 5.74) is 1.10. The minimum Gasteiger partial charge on any atom is -0.507 e. The third-order valence-corrected chi connectivity index (χ3v) is 2.29. The van der Waals surface area contributed by atoms with Gasteiger partial charge in [-0.1, -0.05) is 19.9 Å². The van der Waals surface area contributed by atoms with Gasteiger partial charge in [0.1, 0.15) is 5.75 Å². The molecule has 68 valence electrons. The van der Waals surface area contributed by atoms with E-state index in [2.05, 4.69) is 13.8 Å². The first-order valence-corrected chi connectivity index (χ1v) is 4.50. The molecule has 0 heterocycles. The maximum Gasteiger partial charge on any atom is 0.198 e. The second-order valence-corrected chi connectivity index (χ2v) is 3.92. The highest BCUT2D eigenvalue weighted by Gasteiger charge is 2.20. The first-order valence-electron chi connectivity index (χ1n) is 4.50. The number of aromatic hydroxyl groups is 1. The normalized spacial score (nSPS) is 11.9. The molecule has 0 spiro atoms. The standard InChI is InChI=1S/C11H12O2/c1-6(2)5-7-3-4-8(12)10-9(7)11(10)13/h3-4,6,12H,5H2,1-2H3. The van der Waals surface area contributed by atoms with Crippen LogP contribution in [0.25, 0.3) is 10.8 Å². The van der Waals surface area contributed by atoms with Gasteiger partial charge in [0, 0.05) is 5.39 Å². The molecule has 13 heavy (non-hydrogen) atoms. The number of hydrogen-bond donors (Lipinski definition) is 1. The van der Waals surface area contributed by atoms with Gasteiger partial charge in [-0.05, 0) is 24.0 Å². The first-order chi connectivity index (χ1) is 6.11. The van der Waals surface area contributed by atoms with Crippen LogP contribution >= 0.6 is 0 Å². The van der Waals surface area contributed by atoms with Crippen molar-refractivity contribution >= 4 is 10.8 Å². The average Bonchev–Trinajstić information content (AvgIpc) is 2.69. The molecule has 0 saturated heterocycles.